The molecular weight excluding hydrogens is 196 g/mol. The van der Waals surface area contributed by atoms with E-state index < -0.39 is 0 Å². The highest BCUT2D eigenvalue weighted by Gasteiger charge is 2.21. The summed E-state index contributed by atoms with van der Waals surface area (Å²) in [6.45, 7) is 4.38. The van der Waals surface area contributed by atoms with Crippen LogP contribution in [0.4, 0.5) is 0 Å². The molecule has 1 aliphatic rings. The van der Waals surface area contributed by atoms with E-state index in [1.807, 2.05) is 0 Å². The third-order valence-electron chi connectivity index (χ3n) is 2.78. The maximum absolute atomic E-state index is 5.60. The fourth-order valence-corrected chi connectivity index (χ4v) is 2.37. The van der Waals surface area contributed by atoms with Crippen LogP contribution in [0.2, 0.25) is 0 Å². The molecule has 0 fully saturated rings. The molecule has 1 aliphatic carbocycles. The highest BCUT2D eigenvalue weighted by atomic mass is 35.5. The van der Waals surface area contributed by atoms with E-state index in [-0.39, 0.29) is 6.07 Å². The number of aryl methyl sites for hydroxylation is 1. The Hall–Kier alpha value is -0.690. The molecule has 1 nitrogen and oxygen atoms in total. The predicted molar refractivity (Wildman–Crippen MR) is 59.1 cm³/mol. The topological polar surface area (TPSA) is 9.23 Å². The first-order chi connectivity index (χ1) is 6.70. The van der Waals surface area contributed by atoms with Crippen LogP contribution in [0, 0.1) is 12.8 Å². The first-order valence-electron chi connectivity index (χ1n) is 5.02. The molecule has 0 saturated carbocycles. The Morgan fingerprint density at radius 2 is 2.21 bits per heavy atom. The number of hydrogen-bond donors (Lipinski definition) is 0. The van der Waals surface area contributed by atoms with Gasteiger partial charge in [-0.3, -0.25) is 0 Å². The van der Waals surface area contributed by atoms with Crippen LogP contribution in [-0.2, 0) is 12.8 Å². The van der Waals surface area contributed by atoms with Crippen LogP contribution in [0.25, 0.3) is 0 Å². The molecular formula is C12H15ClO. The predicted octanol–water partition coefficient (Wildman–Crippen LogP) is 3.30. The summed E-state index contributed by atoms with van der Waals surface area (Å²) < 4.78 is 5.44. The molecule has 2 rings (SSSR count). The van der Waals surface area contributed by atoms with E-state index in [1.54, 1.807) is 0 Å². The SMILES string of the molecule is Cc1cc2c(c(OCCl)c1)CC(C)C2. The van der Waals surface area contributed by atoms with Crippen molar-refractivity contribution in [2.75, 3.05) is 6.07 Å². The zero-order chi connectivity index (χ0) is 10.1. The fraction of sp³-hybridized carbons (Fsp3) is 0.500. The highest BCUT2D eigenvalue weighted by Crippen LogP contribution is 2.34. The number of hydrogen-bond acceptors (Lipinski definition) is 1. The number of halogens is 1. The van der Waals surface area contributed by atoms with E-state index in [0.717, 1.165) is 18.1 Å². The van der Waals surface area contributed by atoms with Gasteiger partial charge in [0.15, 0.2) is 6.07 Å². The van der Waals surface area contributed by atoms with E-state index in [1.165, 1.54) is 23.1 Å². The van der Waals surface area contributed by atoms with Crippen molar-refractivity contribution < 1.29 is 4.74 Å². The second kappa shape index (κ2) is 3.82. The molecule has 14 heavy (non-hydrogen) atoms. The quantitative estimate of drug-likeness (QED) is 0.681. The molecule has 0 N–H and O–H groups in total. The van der Waals surface area contributed by atoms with Gasteiger partial charge in [0.1, 0.15) is 5.75 Å². The molecule has 2 heteroatoms. The van der Waals surface area contributed by atoms with Crippen LogP contribution in [0.1, 0.15) is 23.6 Å². The number of alkyl halides is 1. The van der Waals surface area contributed by atoms with Crippen LogP contribution in [0.3, 0.4) is 0 Å². The molecule has 1 aromatic carbocycles. The average molecular weight is 211 g/mol. The van der Waals surface area contributed by atoms with E-state index in [0.29, 0.717) is 0 Å². The largest absolute Gasteiger partial charge is 0.478 e. The average Bonchev–Trinajstić information content (AvgIpc) is 2.45. The second-order valence-corrected chi connectivity index (χ2v) is 4.39. The lowest BCUT2D eigenvalue weighted by atomic mass is 10.1. The van der Waals surface area contributed by atoms with Gasteiger partial charge in [0, 0.05) is 0 Å². The molecule has 1 atom stereocenters. The van der Waals surface area contributed by atoms with Crippen molar-refractivity contribution in [2.24, 2.45) is 5.92 Å². The Kier molecular flexibility index (Phi) is 2.69. The standard InChI is InChI=1S/C12H15ClO/c1-8-3-10-4-9(2)6-12(14-7-13)11(10)5-8/h4,6,8H,3,5,7H2,1-2H3. The minimum Gasteiger partial charge on any atom is -0.478 e. The summed E-state index contributed by atoms with van der Waals surface area (Å²) in [5.74, 6) is 1.73. The van der Waals surface area contributed by atoms with Crippen molar-refractivity contribution in [1.82, 2.24) is 0 Å². The van der Waals surface area contributed by atoms with Gasteiger partial charge in [0.05, 0.1) is 0 Å². The van der Waals surface area contributed by atoms with Crippen molar-refractivity contribution in [3.63, 3.8) is 0 Å². The molecule has 0 radical (unpaired) electrons. The van der Waals surface area contributed by atoms with Crippen LogP contribution >= 0.6 is 11.6 Å². The maximum atomic E-state index is 5.60. The van der Waals surface area contributed by atoms with Crippen molar-refractivity contribution >= 4 is 11.6 Å². The van der Waals surface area contributed by atoms with Gasteiger partial charge in [-0.1, -0.05) is 24.6 Å². The van der Waals surface area contributed by atoms with Gasteiger partial charge in [0.2, 0.25) is 0 Å². The maximum Gasteiger partial charge on any atom is 0.162 e. The first-order valence-corrected chi connectivity index (χ1v) is 5.55. The lowest BCUT2D eigenvalue weighted by Gasteiger charge is -2.09. The summed E-state index contributed by atoms with van der Waals surface area (Å²) in [7, 11) is 0. The van der Waals surface area contributed by atoms with E-state index in [4.69, 9.17) is 16.3 Å². The molecule has 0 aromatic heterocycles. The molecule has 0 heterocycles. The Morgan fingerprint density at radius 1 is 1.43 bits per heavy atom. The molecule has 1 unspecified atom stereocenters. The van der Waals surface area contributed by atoms with Gasteiger partial charge in [-0.15, -0.1) is 0 Å². The zero-order valence-corrected chi connectivity index (χ0v) is 9.40. The summed E-state index contributed by atoms with van der Waals surface area (Å²) in [4.78, 5) is 0. The second-order valence-electron chi connectivity index (χ2n) is 4.17. The molecule has 0 saturated heterocycles. The molecule has 0 aliphatic heterocycles. The van der Waals surface area contributed by atoms with Gasteiger partial charge in [0.25, 0.3) is 0 Å². The van der Waals surface area contributed by atoms with Gasteiger partial charge in [-0.05, 0) is 48.4 Å². The van der Waals surface area contributed by atoms with Crippen molar-refractivity contribution in [3.8, 4) is 5.75 Å². The summed E-state index contributed by atoms with van der Waals surface area (Å²) in [5, 5.41) is 0. The fourth-order valence-electron chi connectivity index (χ4n) is 2.25. The van der Waals surface area contributed by atoms with Crippen LogP contribution in [-0.4, -0.2) is 6.07 Å². The van der Waals surface area contributed by atoms with Crippen LogP contribution < -0.4 is 4.74 Å². The third kappa shape index (κ3) is 1.74. The van der Waals surface area contributed by atoms with E-state index >= 15 is 0 Å². The highest BCUT2D eigenvalue weighted by molar-refractivity contribution is 6.17. The van der Waals surface area contributed by atoms with Gasteiger partial charge in [-0.25, -0.2) is 0 Å². The summed E-state index contributed by atoms with van der Waals surface area (Å²) in [6, 6.07) is 4.59. The van der Waals surface area contributed by atoms with Crippen molar-refractivity contribution in [3.05, 3.63) is 28.8 Å². The Morgan fingerprint density at radius 3 is 2.93 bits per heavy atom. The van der Waals surface area contributed by atoms with Gasteiger partial charge in [-0.2, -0.15) is 0 Å². The number of fused-ring (bicyclic) bond motifs is 1. The van der Waals surface area contributed by atoms with Crippen LogP contribution in [0.5, 0.6) is 5.75 Å². The van der Waals surface area contributed by atoms with E-state index in [9.17, 15) is 0 Å². The lowest BCUT2D eigenvalue weighted by Crippen LogP contribution is -1.96. The first kappa shape index (κ1) is 9.85. The normalized spacial score (nSPS) is 19.5. The van der Waals surface area contributed by atoms with E-state index in [2.05, 4.69) is 26.0 Å². The van der Waals surface area contributed by atoms with Crippen molar-refractivity contribution in [1.29, 1.82) is 0 Å². The monoisotopic (exact) mass is 210 g/mol. The van der Waals surface area contributed by atoms with Gasteiger partial charge >= 0.3 is 0 Å². The zero-order valence-electron chi connectivity index (χ0n) is 8.64. The Balaban J connectivity index is 2.41. The minimum absolute atomic E-state index is 0.240. The Bertz CT molecular complexity index is 346. The molecule has 76 valence electrons. The summed E-state index contributed by atoms with van der Waals surface area (Å²) in [6.07, 6.45) is 2.30. The van der Waals surface area contributed by atoms with Crippen LogP contribution in [0.15, 0.2) is 12.1 Å². The third-order valence-corrected chi connectivity index (χ3v) is 2.89. The smallest absolute Gasteiger partial charge is 0.162 e. The molecule has 0 spiro atoms. The number of ether oxygens (including phenoxy) is 1. The Labute approximate surface area is 90.0 Å². The molecule has 1 aromatic rings. The molecule has 0 amide bonds. The number of benzene rings is 1. The lowest BCUT2D eigenvalue weighted by molar-refractivity contribution is 0.382. The van der Waals surface area contributed by atoms with Gasteiger partial charge < -0.3 is 4.74 Å². The summed E-state index contributed by atoms with van der Waals surface area (Å²) >= 11 is 5.60. The summed E-state index contributed by atoms with van der Waals surface area (Å²) in [5.41, 5.74) is 4.07. The number of rotatable bonds is 2. The minimum atomic E-state index is 0.240. The molecule has 0 bridgehead atoms. The van der Waals surface area contributed by atoms with Crippen molar-refractivity contribution in [2.45, 2.75) is 26.7 Å².